The van der Waals surface area contributed by atoms with Gasteiger partial charge in [-0.25, -0.2) is 0 Å². The highest BCUT2D eigenvalue weighted by Crippen LogP contribution is 2.20. The van der Waals surface area contributed by atoms with Gasteiger partial charge in [-0.1, -0.05) is 0 Å². The third kappa shape index (κ3) is 3.87. The first-order valence-electron chi connectivity index (χ1n) is 6.59. The molecule has 0 aromatic heterocycles. The second kappa shape index (κ2) is 6.36. The van der Waals surface area contributed by atoms with Crippen molar-refractivity contribution in [1.29, 1.82) is 0 Å². The van der Waals surface area contributed by atoms with Gasteiger partial charge in [-0.05, 0) is 38.5 Å². The highest BCUT2D eigenvalue weighted by molar-refractivity contribution is 5.79. The van der Waals surface area contributed by atoms with Crippen molar-refractivity contribution < 1.29 is 14.3 Å². The minimum absolute atomic E-state index is 0.185. The van der Waals surface area contributed by atoms with Crippen LogP contribution in [-0.2, 0) is 14.3 Å². The highest BCUT2D eigenvalue weighted by atomic mass is 16.5. The van der Waals surface area contributed by atoms with Gasteiger partial charge in [0.15, 0.2) is 0 Å². The lowest BCUT2D eigenvalue weighted by atomic mass is 9.98. The van der Waals surface area contributed by atoms with Crippen molar-refractivity contribution in [2.45, 2.75) is 63.6 Å². The average Bonchev–Trinajstić information content (AvgIpc) is 2.31. The molecule has 0 aromatic carbocycles. The van der Waals surface area contributed by atoms with Crippen LogP contribution in [0.5, 0.6) is 0 Å². The molecule has 3 nitrogen and oxygen atoms in total. The van der Waals surface area contributed by atoms with Crippen LogP contribution in [0.25, 0.3) is 0 Å². The van der Waals surface area contributed by atoms with Gasteiger partial charge in [-0.15, -0.1) is 0 Å². The molecule has 2 heterocycles. The number of rotatable bonds is 4. The topological polar surface area (TPSA) is 35.5 Å². The van der Waals surface area contributed by atoms with E-state index < -0.39 is 0 Å². The molecule has 0 bridgehead atoms. The van der Waals surface area contributed by atoms with E-state index in [0.717, 1.165) is 38.9 Å². The van der Waals surface area contributed by atoms with Crippen molar-refractivity contribution in [2.75, 3.05) is 13.2 Å². The maximum atomic E-state index is 11.8. The Bertz CT molecular complexity index is 193. The molecule has 0 saturated carbocycles. The van der Waals surface area contributed by atoms with Crippen LogP contribution in [0.3, 0.4) is 0 Å². The number of ketones is 1. The normalized spacial score (nSPS) is 31.2. The highest BCUT2D eigenvalue weighted by Gasteiger charge is 2.21. The summed E-state index contributed by atoms with van der Waals surface area (Å²) < 4.78 is 11.2. The van der Waals surface area contributed by atoms with Gasteiger partial charge in [0.2, 0.25) is 0 Å². The molecule has 92 valence electrons. The predicted octanol–water partition coefficient (Wildman–Crippen LogP) is 2.47. The Morgan fingerprint density at radius 2 is 1.38 bits per heavy atom. The molecule has 0 spiro atoms. The molecule has 2 saturated heterocycles. The molecule has 2 atom stereocenters. The Kier molecular flexibility index (Phi) is 4.79. The van der Waals surface area contributed by atoms with Crippen molar-refractivity contribution >= 4 is 5.78 Å². The summed E-state index contributed by atoms with van der Waals surface area (Å²) in [5.74, 6) is 0.318. The van der Waals surface area contributed by atoms with Crippen LogP contribution in [0.15, 0.2) is 0 Å². The van der Waals surface area contributed by atoms with Crippen molar-refractivity contribution in [3.63, 3.8) is 0 Å². The third-order valence-corrected chi connectivity index (χ3v) is 3.46. The molecule has 0 radical (unpaired) electrons. The molecule has 2 fully saturated rings. The largest absolute Gasteiger partial charge is 0.378 e. The van der Waals surface area contributed by atoms with E-state index in [4.69, 9.17) is 9.47 Å². The number of ether oxygens (including phenoxy) is 2. The van der Waals surface area contributed by atoms with E-state index in [-0.39, 0.29) is 12.2 Å². The minimum Gasteiger partial charge on any atom is -0.378 e. The predicted molar refractivity (Wildman–Crippen MR) is 61.4 cm³/mol. The lowest BCUT2D eigenvalue weighted by Crippen LogP contribution is -2.26. The maximum absolute atomic E-state index is 11.8. The molecular weight excluding hydrogens is 204 g/mol. The summed E-state index contributed by atoms with van der Waals surface area (Å²) in [4.78, 5) is 11.8. The van der Waals surface area contributed by atoms with E-state index in [1.807, 2.05) is 0 Å². The van der Waals surface area contributed by atoms with Crippen molar-refractivity contribution in [2.24, 2.45) is 0 Å². The molecule has 2 aliphatic rings. The Balaban J connectivity index is 1.66. The summed E-state index contributed by atoms with van der Waals surface area (Å²) in [7, 11) is 0. The van der Waals surface area contributed by atoms with Crippen molar-refractivity contribution in [3.05, 3.63) is 0 Å². The van der Waals surface area contributed by atoms with Crippen LogP contribution >= 0.6 is 0 Å². The number of Topliss-reactive ketones (excluding diaryl/α,β-unsaturated/α-hetero) is 1. The first-order chi connectivity index (χ1) is 7.84. The first-order valence-corrected chi connectivity index (χ1v) is 6.59. The maximum Gasteiger partial charge on any atom is 0.138 e. The van der Waals surface area contributed by atoms with Crippen LogP contribution in [-0.4, -0.2) is 31.2 Å². The number of hydrogen-bond acceptors (Lipinski definition) is 3. The summed E-state index contributed by atoms with van der Waals surface area (Å²) in [5, 5.41) is 0. The van der Waals surface area contributed by atoms with Gasteiger partial charge in [0, 0.05) is 26.1 Å². The molecule has 0 N–H and O–H groups in total. The zero-order chi connectivity index (χ0) is 11.2. The van der Waals surface area contributed by atoms with Gasteiger partial charge in [0.25, 0.3) is 0 Å². The van der Waals surface area contributed by atoms with Crippen LogP contribution in [0.1, 0.15) is 51.4 Å². The van der Waals surface area contributed by atoms with Crippen LogP contribution < -0.4 is 0 Å². The monoisotopic (exact) mass is 226 g/mol. The second-order valence-electron chi connectivity index (χ2n) is 4.92. The molecule has 0 aliphatic carbocycles. The molecule has 2 aliphatic heterocycles. The standard InChI is InChI=1S/C13H22O3/c14-11(9-12-5-1-3-7-15-12)10-13-6-2-4-8-16-13/h12-13H,1-10H2/t12-,13+. The van der Waals surface area contributed by atoms with Crippen LogP contribution in [0.2, 0.25) is 0 Å². The van der Waals surface area contributed by atoms with Gasteiger partial charge in [-0.2, -0.15) is 0 Å². The number of hydrogen-bond donors (Lipinski definition) is 0. The molecular formula is C13H22O3. The van der Waals surface area contributed by atoms with Crippen LogP contribution in [0, 0.1) is 0 Å². The van der Waals surface area contributed by atoms with E-state index in [9.17, 15) is 4.79 Å². The molecule has 2 rings (SSSR count). The fraction of sp³-hybridized carbons (Fsp3) is 0.923. The Morgan fingerprint density at radius 3 is 1.75 bits per heavy atom. The number of carbonyl (C=O) groups is 1. The summed E-state index contributed by atoms with van der Waals surface area (Å²) in [6.07, 6.45) is 8.38. The van der Waals surface area contributed by atoms with E-state index in [1.54, 1.807) is 0 Å². The van der Waals surface area contributed by atoms with Gasteiger partial charge >= 0.3 is 0 Å². The third-order valence-electron chi connectivity index (χ3n) is 3.46. The lowest BCUT2D eigenvalue weighted by Gasteiger charge is -2.24. The average molecular weight is 226 g/mol. The fourth-order valence-electron chi connectivity index (χ4n) is 2.53. The Hall–Kier alpha value is -0.410. The van der Waals surface area contributed by atoms with E-state index in [2.05, 4.69) is 0 Å². The van der Waals surface area contributed by atoms with Gasteiger partial charge in [0.05, 0.1) is 12.2 Å². The molecule has 0 aromatic rings. The lowest BCUT2D eigenvalue weighted by molar-refractivity contribution is -0.126. The van der Waals surface area contributed by atoms with Gasteiger partial charge < -0.3 is 9.47 Å². The van der Waals surface area contributed by atoms with Crippen LogP contribution in [0.4, 0.5) is 0 Å². The summed E-state index contributed by atoms with van der Waals surface area (Å²) in [6, 6.07) is 0. The summed E-state index contributed by atoms with van der Waals surface area (Å²) >= 11 is 0. The van der Waals surface area contributed by atoms with Crippen molar-refractivity contribution in [3.8, 4) is 0 Å². The SMILES string of the molecule is O=C(C[C@H]1CCCCO1)C[C@@H]1CCCCO1. The zero-order valence-corrected chi connectivity index (χ0v) is 9.95. The second-order valence-corrected chi connectivity index (χ2v) is 4.92. The summed E-state index contributed by atoms with van der Waals surface area (Å²) in [6.45, 7) is 1.66. The molecule has 0 amide bonds. The quantitative estimate of drug-likeness (QED) is 0.738. The summed E-state index contributed by atoms with van der Waals surface area (Å²) in [5.41, 5.74) is 0. The van der Waals surface area contributed by atoms with E-state index in [0.29, 0.717) is 18.6 Å². The molecule has 3 heteroatoms. The molecule has 0 unspecified atom stereocenters. The number of carbonyl (C=O) groups excluding carboxylic acids is 1. The zero-order valence-electron chi connectivity index (χ0n) is 9.95. The van der Waals surface area contributed by atoms with E-state index >= 15 is 0 Å². The van der Waals surface area contributed by atoms with E-state index in [1.165, 1.54) is 12.8 Å². The Labute approximate surface area is 97.5 Å². The van der Waals surface area contributed by atoms with Gasteiger partial charge in [0.1, 0.15) is 5.78 Å². The Morgan fingerprint density at radius 1 is 0.875 bits per heavy atom. The fourth-order valence-corrected chi connectivity index (χ4v) is 2.53. The smallest absolute Gasteiger partial charge is 0.138 e. The van der Waals surface area contributed by atoms with Gasteiger partial charge in [-0.3, -0.25) is 4.79 Å². The van der Waals surface area contributed by atoms with Crippen molar-refractivity contribution in [1.82, 2.24) is 0 Å². The first kappa shape index (κ1) is 12.1. The molecule has 16 heavy (non-hydrogen) atoms. The minimum atomic E-state index is 0.185.